The minimum absolute atomic E-state index is 0.824. The molecule has 0 saturated heterocycles. The van der Waals surface area contributed by atoms with Gasteiger partial charge in [-0.25, -0.2) is 0 Å². The lowest BCUT2D eigenvalue weighted by molar-refractivity contribution is 0.247. The van der Waals surface area contributed by atoms with Crippen molar-refractivity contribution in [3.05, 3.63) is 0 Å². The fourth-order valence-corrected chi connectivity index (χ4v) is 1.81. The fourth-order valence-electron chi connectivity index (χ4n) is 1.81. The summed E-state index contributed by atoms with van der Waals surface area (Å²) in [5.74, 6) is 1.14. The molecular weight excluding hydrogens is 132 g/mol. The van der Waals surface area contributed by atoms with E-state index in [1.54, 1.807) is 6.42 Å². The highest BCUT2D eigenvalue weighted by Crippen LogP contribution is 2.52. The van der Waals surface area contributed by atoms with Crippen molar-refractivity contribution in [3.63, 3.8) is 0 Å². The van der Waals surface area contributed by atoms with E-state index in [-0.39, 0.29) is 0 Å². The van der Waals surface area contributed by atoms with E-state index >= 15 is 0 Å². The zero-order valence-electron chi connectivity index (χ0n) is 8.32. The summed E-state index contributed by atoms with van der Waals surface area (Å²) in [5, 5.41) is 0. The standard InChI is InChI=1S/C9H16.C2H6/c1-9(5-6-9)7-8-3-2-4-8;1-2/h8H,2-7H2,1H3;1-2H3. The van der Waals surface area contributed by atoms with Gasteiger partial charge in [0.05, 0.1) is 0 Å². The van der Waals surface area contributed by atoms with Crippen molar-refractivity contribution in [1.29, 1.82) is 0 Å². The molecule has 0 nitrogen and oxygen atoms in total. The Balaban J connectivity index is 0.000000281. The van der Waals surface area contributed by atoms with Gasteiger partial charge in [-0.2, -0.15) is 0 Å². The maximum Gasteiger partial charge on any atom is -0.0323 e. The average Bonchev–Trinajstić information content (AvgIpc) is 2.66. The molecular formula is C11H22. The van der Waals surface area contributed by atoms with Gasteiger partial charge in [0.15, 0.2) is 0 Å². The molecule has 2 saturated carbocycles. The van der Waals surface area contributed by atoms with Crippen LogP contribution in [0.3, 0.4) is 0 Å². The van der Waals surface area contributed by atoms with Gasteiger partial charge in [-0.3, -0.25) is 0 Å². The van der Waals surface area contributed by atoms with E-state index in [0.29, 0.717) is 0 Å². The van der Waals surface area contributed by atoms with Gasteiger partial charge in [0.25, 0.3) is 0 Å². The summed E-state index contributed by atoms with van der Waals surface area (Å²) in [4.78, 5) is 0. The molecule has 11 heavy (non-hydrogen) atoms. The zero-order chi connectivity index (χ0) is 8.32. The van der Waals surface area contributed by atoms with Crippen molar-refractivity contribution in [1.82, 2.24) is 0 Å². The Kier molecular flexibility index (Phi) is 2.98. The van der Waals surface area contributed by atoms with E-state index in [1.165, 1.54) is 32.1 Å². The van der Waals surface area contributed by atoms with Crippen LogP contribution in [0, 0.1) is 11.3 Å². The molecule has 0 aromatic carbocycles. The first-order valence-electron chi connectivity index (χ1n) is 5.29. The smallest absolute Gasteiger partial charge is 0.0323 e. The monoisotopic (exact) mass is 154 g/mol. The van der Waals surface area contributed by atoms with Gasteiger partial charge >= 0.3 is 0 Å². The molecule has 0 aliphatic heterocycles. The lowest BCUT2D eigenvalue weighted by Crippen LogP contribution is -2.14. The summed E-state index contributed by atoms with van der Waals surface area (Å²) in [6, 6.07) is 0. The maximum atomic E-state index is 2.45. The molecule has 0 aromatic heterocycles. The third-order valence-electron chi connectivity index (χ3n) is 3.11. The highest BCUT2D eigenvalue weighted by Gasteiger charge is 2.40. The quantitative estimate of drug-likeness (QED) is 0.564. The van der Waals surface area contributed by atoms with Crippen molar-refractivity contribution in [2.45, 2.75) is 59.3 Å². The molecule has 0 spiro atoms. The summed E-state index contributed by atoms with van der Waals surface area (Å²) in [6.07, 6.45) is 9.17. The van der Waals surface area contributed by atoms with Gasteiger partial charge in [-0.15, -0.1) is 0 Å². The summed E-state index contributed by atoms with van der Waals surface area (Å²) in [5.41, 5.74) is 0.824. The van der Waals surface area contributed by atoms with Crippen molar-refractivity contribution in [2.75, 3.05) is 0 Å². The zero-order valence-corrected chi connectivity index (χ0v) is 8.32. The first kappa shape index (κ1) is 9.09. The summed E-state index contributed by atoms with van der Waals surface area (Å²) in [7, 11) is 0. The first-order valence-corrected chi connectivity index (χ1v) is 5.29. The summed E-state index contributed by atoms with van der Waals surface area (Å²) >= 11 is 0. The molecule has 2 rings (SSSR count). The van der Waals surface area contributed by atoms with Crippen LogP contribution in [0.5, 0.6) is 0 Å². The minimum Gasteiger partial charge on any atom is -0.0683 e. The largest absolute Gasteiger partial charge is 0.0683 e. The predicted octanol–water partition coefficient (Wildman–Crippen LogP) is 4.00. The molecule has 0 aromatic rings. The Hall–Kier alpha value is 0. The highest BCUT2D eigenvalue weighted by molar-refractivity contribution is 4.91. The topological polar surface area (TPSA) is 0 Å². The SMILES string of the molecule is CC.CC1(CC2CCC2)CC1. The molecule has 66 valence electrons. The minimum atomic E-state index is 0.824. The van der Waals surface area contributed by atoms with Gasteiger partial charge in [-0.05, 0) is 30.6 Å². The highest BCUT2D eigenvalue weighted by atomic mass is 14.4. The van der Waals surface area contributed by atoms with Crippen LogP contribution in [0.2, 0.25) is 0 Å². The van der Waals surface area contributed by atoms with E-state index in [1.807, 2.05) is 13.8 Å². The molecule has 0 unspecified atom stereocenters. The Bertz CT molecular complexity index is 107. The second-order valence-electron chi connectivity index (χ2n) is 4.31. The van der Waals surface area contributed by atoms with Crippen LogP contribution in [0.1, 0.15) is 59.3 Å². The Morgan fingerprint density at radius 3 is 2.00 bits per heavy atom. The summed E-state index contributed by atoms with van der Waals surface area (Å²) < 4.78 is 0. The first-order chi connectivity index (χ1) is 5.29. The molecule has 2 aliphatic rings. The third-order valence-corrected chi connectivity index (χ3v) is 3.11. The molecule has 0 atom stereocenters. The van der Waals surface area contributed by atoms with Crippen LogP contribution in [0.4, 0.5) is 0 Å². The van der Waals surface area contributed by atoms with Gasteiger partial charge in [0.2, 0.25) is 0 Å². The van der Waals surface area contributed by atoms with Crippen LogP contribution >= 0.6 is 0 Å². The molecule has 0 amide bonds. The van der Waals surface area contributed by atoms with Crippen LogP contribution in [-0.2, 0) is 0 Å². The predicted molar refractivity (Wildman–Crippen MR) is 50.6 cm³/mol. The molecule has 2 aliphatic carbocycles. The van der Waals surface area contributed by atoms with Gasteiger partial charge in [0, 0.05) is 0 Å². The second kappa shape index (κ2) is 3.60. The Morgan fingerprint density at radius 1 is 1.18 bits per heavy atom. The number of hydrogen-bond acceptors (Lipinski definition) is 0. The average molecular weight is 154 g/mol. The molecule has 0 bridgehead atoms. The van der Waals surface area contributed by atoms with E-state index in [2.05, 4.69) is 6.92 Å². The van der Waals surface area contributed by atoms with Crippen molar-refractivity contribution in [2.24, 2.45) is 11.3 Å². The Labute approximate surface area is 71.4 Å². The molecule has 2 fully saturated rings. The van der Waals surface area contributed by atoms with E-state index in [4.69, 9.17) is 0 Å². The second-order valence-corrected chi connectivity index (χ2v) is 4.31. The van der Waals surface area contributed by atoms with Gasteiger partial charge < -0.3 is 0 Å². The van der Waals surface area contributed by atoms with Crippen LogP contribution < -0.4 is 0 Å². The van der Waals surface area contributed by atoms with E-state index in [9.17, 15) is 0 Å². The number of rotatable bonds is 2. The molecule has 0 N–H and O–H groups in total. The third kappa shape index (κ3) is 2.50. The lowest BCUT2D eigenvalue weighted by Gasteiger charge is -2.27. The lowest BCUT2D eigenvalue weighted by atomic mass is 9.78. The van der Waals surface area contributed by atoms with Crippen molar-refractivity contribution in [3.8, 4) is 0 Å². The van der Waals surface area contributed by atoms with Crippen LogP contribution in [-0.4, -0.2) is 0 Å². The molecule has 0 heteroatoms. The van der Waals surface area contributed by atoms with Crippen molar-refractivity contribution >= 4 is 0 Å². The van der Waals surface area contributed by atoms with E-state index < -0.39 is 0 Å². The normalized spacial score (nSPS) is 26.5. The molecule has 0 heterocycles. The van der Waals surface area contributed by atoms with Gasteiger partial charge in [-0.1, -0.05) is 40.0 Å². The number of hydrogen-bond donors (Lipinski definition) is 0. The summed E-state index contributed by atoms with van der Waals surface area (Å²) in [6.45, 7) is 6.45. The van der Waals surface area contributed by atoms with Gasteiger partial charge in [0.1, 0.15) is 0 Å². The maximum absolute atomic E-state index is 2.45. The Morgan fingerprint density at radius 2 is 1.73 bits per heavy atom. The van der Waals surface area contributed by atoms with Crippen LogP contribution in [0.25, 0.3) is 0 Å². The van der Waals surface area contributed by atoms with E-state index in [0.717, 1.165) is 11.3 Å². The molecule has 0 radical (unpaired) electrons. The fraction of sp³-hybridized carbons (Fsp3) is 1.00. The van der Waals surface area contributed by atoms with Crippen molar-refractivity contribution < 1.29 is 0 Å². The van der Waals surface area contributed by atoms with Crippen LogP contribution in [0.15, 0.2) is 0 Å².